The van der Waals surface area contributed by atoms with E-state index in [0.29, 0.717) is 22.7 Å². The summed E-state index contributed by atoms with van der Waals surface area (Å²) in [6.45, 7) is 2.51. The summed E-state index contributed by atoms with van der Waals surface area (Å²) < 4.78 is 39.0. The molecule has 4 aromatic carbocycles. The number of amides is 3. The van der Waals surface area contributed by atoms with Gasteiger partial charge in [0.2, 0.25) is 5.91 Å². The van der Waals surface area contributed by atoms with Gasteiger partial charge in [-0.1, -0.05) is 30.3 Å². The number of nitrogens with one attached hydrogen (secondary N) is 3. The molecule has 3 N–H and O–H groups in total. The molecule has 12 nitrogen and oxygen atoms in total. The Labute approximate surface area is 273 Å². The van der Waals surface area contributed by atoms with Crippen LogP contribution in [0.2, 0.25) is 0 Å². The number of hydrazone groups is 1. The predicted octanol–water partition coefficient (Wildman–Crippen LogP) is 4.26. The molecule has 0 aliphatic carbocycles. The van der Waals surface area contributed by atoms with Crippen LogP contribution in [0.15, 0.2) is 113 Å². The van der Waals surface area contributed by atoms with Crippen LogP contribution in [-0.2, 0) is 24.4 Å². The Morgan fingerprint density at radius 3 is 2.11 bits per heavy atom. The van der Waals surface area contributed by atoms with Gasteiger partial charge in [-0.15, -0.1) is 0 Å². The lowest BCUT2D eigenvalue weighted by Gasteiger charge is -2.24. The van der Waals surface area contributed by atoms with Crippen molar-refractivity contribution in [2.75, 3.05) is 29.9 Å². The third kappa shape index (κ3) is 9.90. The highest BCUT2D eigenvalue weighted by Crippen LogP contribution is 2.26. The highest BCUT2D eigenvalue weighted by atomic mass is 32.2. The van der Waals surface area contributed by atoms with Gasteiger partial charge in [-0.2, -0.15) is 5.10 Å². The molecular formula is C34H35N5O7S. The molecule has 0 saturated carbocycles. The quantitative estimate of drug-likeness (QED) is 0.135. The number of ether oxygens (including phenoxy) is 2. The van der Waals surface area contributed by atoms with Gasteiger partial charge in [0.1, 0.15) is 18.0 Å². The van der Waals surface area contributed by atoms with Crippen molar-refractivity contribution in [3.63, 3.8) is 0 Å². The average molecular weight is 658 g/mol. The Morgan fingerprint density at radius 2 is 1.49 bits per heavy atom. The maximum absolute atomic E-state index is 13.6. The zero-order valence-corrected chi connectivity index (χ0v) is 26.9. The first-order valence-corrected chi connectivity index (χ1v) is 15.9. The maximum atomic E-state index is 13.6. The van der Waals surface area contributed by atoms with E-state index >= 15 is 0 Å². The molecule has 0 bridgehead atoms. The van der Waals surface area contributed by atoms with E-state index in [1.807, 2.05) is 37.3 Å². The van der Waals surface area contributed by atoms with Crippen molar-refractivity contribution >= 4 is 45.3 Å². The van der Waals surface area contributed by atoms with Crippen LogP contribution in [0.3, 0.4) is 0 Å². The number of carbonyl (C=O) groups excluding carboxylic acids is 3. The largest absolute Gasteiger partial charge is 0.497 e. The summed E-state index contributed by atoms with van der Waals surface area (Å²) in [5.41, 5.74) is 4.63. The minimum absolute atomic E-state index is 0.0794. The summed E-state index contributed by atoms with van der Waals surface area (Å²) in [5.74, 6) is -0.263. The van der Waals surface area contributed by atoms with Crippen LogP contribution in [0.4, 0.5) is 11.4 Å². The molecule has 0 aliphatic heterocycles. The van der Waals surface area contributed by atoms with Gasteiger partial charge in [0, 0.05) is 12.6 Å². The van der Waals surface area contributed by atoms with Gasteiger partial charge in [-0.3, -0.25) is 18.7 Å². The van der Waals surface area contributed by atoms with Gasteiger partial charge in [-0.25, -0.2) is 13.8 Å². The Bertz CT molecular complexity index is 1800. The molecule has 0 aliphatic rings. The number of sulfonamides is 1. The highest BCUT2D eigenvalue weighted by molar-refractivity contribution is 7.92. The van der Waals surface area contributed by atoms with E-state index in [2.05, 4.69) is 21.2 Å². The number of benzene rings is 4. The van der Waals surface area contributed by atoms with E-state index in [0.717, 1.165) is 9.87 Å². The Balaban J connectivity index is 1.36. The topological polar surface area (TPSA) is 155 Å². The van der Waals surface area contributed by atoms with Crippen LogP contribution in [-0.4, -0.2) is 52.6 Å². The molecule has 47 heavy (non-hydrogen) atoms. The monoisotopic (exact) mass is 657 g/mol. The van der Waals surface area contributed by atoms with Crippen LogP contribution >= 0.6 is 0 Å². The van der Waals surface area contributed by atoms with Gasteiger partial charge in [0.25, 0.3) is 21.8 Å². The van der Waals surface area contributed by atoms with E-state index in [4.69, 9.17) is 9.47 Å². The van der Waals surface area contributed by atoms with Crippen LogP contribution in [0.1, 0.15) is 31.0 Å². The molecule has 0 radical (unpaired) electrons. The van der Waals surface area contributed by atoms with E-state index in [1.165, 1.54) is 56.6 Å². The molecule has 0 unspecified atom stereocenters. The zero-order valence-electron chi connectivity index (χ0n) is 26.0. The minimum Gasteiger partial charge on any atom is -0.497 e. The molecule has 4 rings (SSSR count). The van der Waals surface area contributed by atoms with Crippen molar-refractivity contribution in [1.29, 1.82) is 0 Å². The van der Waals surface area contributed by atoms with E-state index in [1.54, 1.807) is 36.4 Å². The van der Waals surface area contributed by atoms with E-state index in [-0.39, 0.29) is 35.0 Å². The van der Waals surface area contributed by atoms with Crippen molar-refractivity contribution in [2.24, 2.45) is 5.10 Å². The van der Waals surface area contributed by atoms with E-state index < -0.39 is 22.5 Å². The normalized spacial score (nSPS) is 11.7. The van der Waals surface area contributed by atoms with Gasteiger partial charge < -0.3 is 20.1 Å². The maximum Gasteiger partial charge on any atom is 0.264 e. The lowest BCUT2D eigenvalue weighted by Crippen LogP contribution is -2.39. The van der Waals surface area contributed by atoms with Crippen molar-refractivity contribution in [2.45, 2.75) is 24.8 Å². The number of anilines is 2. The van der Waals surface area contributed by atoms with Gasteiger partial charge in [0.05, 0.1) is 29.9 Å². The third-order valence-electron chi connectivity index (χ3n) is 6.74. The molecule has 244 valence electrons. The summed E-state index contributed by atoms with van der Waals surface area (Å²) in [4.78, 5) is 36.5. The molecule has 3 amide bonds. The summed E-state index contributed by atoms with van der Waals surface area (Å²) in [6, 6.07) is 28.0. The second-order valence-corrected chi connectivity index (χ2v) is 12.1. The molecule has 1 atom stereocenters. The highest BCUT2D eigenvalue weighted by Gasteiger charge is 2.27. The molecule has 13 heteroatoms. The number of methoxy groups -OCH3 is 1. The van der Waals surface area contributed by atoms with Crippen molar-refractivity contribution in [3.05, 3.63) is 114 Å². The first-order valence-electron chi connectivity index (χ1n) is 14.5. The third-order valence-corrected chi connectivity index (χ3v) is 8.53. The lowest BCUT2D eigenvalue weighted by molar-refractivity contribution is -0.123. The molecular weight excluding hydrogens is 622 g/mol. The fourth-order valence-corrected chi connectivity index (χ4v) is 5.78. The smallest absolute Gasteiger partial charge is 0.264 e. The average Bonchev–Trinajstić information content (AvgIpc) is 3.07. The molecule has 0 heterocycles. The number of carbonyl (C=O) groups is 3. The van der Waals surface area contributed by atoms with Gasteiger partial charge in [0.15, 0.2) is 6.61 Å². The van der Waals surface area contributed by atoms with Gasteiger partial charge in [-0.05, 0) is 90.8 Å². The van der Waals surface area contributed by atoms with Crippen molar-refractivity contribution in [3.8, 4) is 11.5 Å². The zero-order chi connectivity index (χ0) is 33.8. The van der Waals surface area contributed by atoms with E-state index in [9.17, 15) is 22.8 Å². The second-order valence-electron chi connectivity index (χ2n) is 10.3. The number of nitrogens with zero attached hydrogens (tertiary/aromatic N) is 2. The first-order chi connectivity index (χ1) is 22.5. The molecule has 0 aromatic heterocycles. The Morgan fingerprint density at radius 1 is 0.851 bits per heavy atom. The van der Waals surface area contributed by atoms with Crippen LogP contribution < -0.4 is 29.8 Å². The number of rotatable bonds is 14. The summed E-state index contributed by atoms with van der Waals surface area (Å²) in [7, 11) is -2.72. The minimum atomic E-state index is -4.20. The standard InChI is InChI=1S/C34H35N5O7S/c1-24(27-7-5-4-6-8-27)36-34(42)23-46-31-15-9-26(10-16-31)21-35-38-33(41)22-39(29-13-17-30(45-3)18-14-29)47(43,44)32-19-11-28(12-20-32)37-25(2)40/h4-21,24H,22-23H2,1-3H3,(H,36,42)(H,37,40)(H,38,41)/b35-21-/t24-/m1/s1. The second kappa shape index (κ2) is 16.0. The number of hydrogen-bond donors (Lipinski definition) is 3. The lowest BCUT2D eigenvalue weighted by atomic mass is 10.1. The Kier molecular flexibility index (Phi) is 11.7. The molecule has 4 aromatic rings. The summed E-state index contributed by atoms with van der Waals surface area (Å²) >= 11 is 0. The van der Waals surface area contributed by atoms with Crippen molar-refractivity contribution in [1.82, 2.24) is 10.7 Å². The van der Waals surface area contributed by atoms with Crippen LogP contribution in [0, 0.1) is 0 Å². The predicted molar refractivity (Wildman–Crippen MR) is 179 cm³/mol. The van der Waals surface area contributed by atoms with Gasteiger partial charge >= 0.3 is 0 Å². The fourth-order valence-electron chi connectivity index (χ4n) is 4.36. The SMILES string of the molecule is COc1ccc(N(CC(=O)N/N=C\c2ccc(OCC(=O)N[C@H](C)c3ccccc3)cc2)S(=O)(=O)c2ccc(NC(C)=O)cc2)cc1. The molecule has 0 spiro atoms. The molecule has 0 saturated heterocycles. The number of hydrogen-bond acceptors (Lipinski definition) is 8. The Hall–Kier alpha value is -5.69. The molecule has 0 fully saturated rings. The summed E-state index contributed by atoms with van der Waals surface area (Å²) in [6.07, 6.45) is 1.39. The van der Waals surface area contributed by atoms with Crippen LogP contribution in [0.5, 0.6) is 11.5 Å². The summed E-state index contributed by atoms with van der Waals surface area (Å²) in [5, 5.41) is 9.44. The fraction of sp³-hybridized carbons (Fsp3) is 0.176. The first kappa shape index (κ1) is 34.2. The van der Waals surface area contributed by atoms with Crippen molar-refractivity contribution < 1.29 is 32.3 Å². The van der Waals surface area contributed by atoms with Crippen LogP contribution in [0.25, 0.3) is 0 Å².